The molecule has 1 saturated heterocycles. The zero-order chi connectivity index (χ0) is 13.9. The van der Waals surface area contributed by atoms with Crippen LogP contribution in [0.25, 0.3) is 0 Å². The second kappa shape index (κ2) is 5.88. The fourth-order valence-corrected chi connectivity index (χ4v) is 2.74. The zero-order valence-corrected chi connectivity index (χ0v) is 11.8. The number of aromatic amines is 1. The van der Waals surface area contributed by atoms with E-state index in [0.29, 0.717) is 32.2 Å². The number of carbonyl (C=O) groups excluding carboxylic acids is 1. The maximum Gasteiger partial charge on any atom is 0.237 e. The van der Waals surface area contributed by atoms with Gasteiger partial charge in [0.25, 0.3) is 0 Å². The molecule has 110 valence electrons. The second-order valence-corrected chi connectivity index (χ2v) is 5.67. The summed E-state index contributed by atoms with van der Waals surface area (Å²) in [5, 5.41) is 6.62. The predicted molar refractivity (Wildman–Crippen MR) is 71.8 cm³/mol. The number of nitrogens with zero attached hydrogens (tertiary/aromatic N) is 4. The van der Waals surface area contributed by atoms with Gasteiger partial charge in [0.15, 0.2) is 0 Å². The number of hydrogen-bond acceptors (Lipinski definition) is 5. The van der Waals surface area contributed by atoms with Crippen LogP contribution in [0.3, 0.4) is 0 Å². The number of morpholine rings is 1. The number of nitrogens with one attached hydrogen (secondary N) is 1. The lowest BCUT2D eigenvalue weighted by Gasteiger charge is -2.36. The largest absolute Gasteiger partial charge is 0.377 e. The quantitative estimate of drug-likeness (QED) is 0.813. The van der Waals surface area contributed by atoms with Gasteiger partial charge in [-0.3, -0.25) is 14.8 Å². The van der Waals surface area contributed by atoms with Gasteiger partial charge in [0.1, 0.15) is 12.2 Å². The SMILES string of the molecule is CN(CC(=O)N1CCOCC1C1CC1)Cc1ncn[nH]1. The molecule has 2 fully saturated rings. The summed E-state index contributed by atoms with van der Waals surface area (Å²) in [6.45, 7) is 3.08. The monoisotopic (exact) mass is 279 g/mol. The molecule has 3 rings (SSSR count). The van der Waals surface area contributed by atoms with Crippen LogP contribution in [0, 0.1) is 5.92 Å². The molecule has 0 radical (unpaired) electrons. The van der Waals surface area contributed by atoms with Crippen molar-refractivity contribution in [1.29, 1.82) is 0 Å². The van der Waals surface area contributed by atoms with Crippen molar-refractivity contribution >= 4 is 5.91 Å². The number of hydrogen-bond donors (Lipinski definition) is 1. The first-order valence-electron chi connectivity index (χ1n) is 7.14. The van der Waals surface area contributed by atoms with E-state index < -0.39 is 0 Å². The van der Waals surface area contributed by atoms with E-state index in [1.807, 2.05) is 16.8 Å². The van der Waals surface area contributed by atoms with E-state index in [1.165, 1.54) is 19.2 Å². The molecular weight excluding hydrogens is 258 g/mol. The summed E-state index contributed by atoms with van der Waals surface area (Å²) >= 11 is 0. The van der Waals surface area contributed by atoms with Crippen molar-refractivity contribution in [2.24, 2.45) is 5.92 Å². The number of amides is 1. The van der Waals surface area contributed by atoms with Crippen LogP contribution in [0.2, 0.25) is 0 Å². The van der Waals surface area contributed by atoms with E-state index in [2.05, 4.69) is 15.2 Å². The summed E-state index contributed by atoms with van der Waals surface area (Å²) in [7, 11) is 1.92. The lowest BCUT2D eigenvalue weighted by atomic mass is 10.1. The summed E-state index contributed by atoms with van der Waals surface area (Å²) in [4.78, 5) is 20.5. The Balaban J connectivity index is 1.54. The summed E-state index contributed by atoms with van der Waals surface area (Å²) in [5.41, 5.74) is 0. The minimum Gasteiger partial charge on any atom is -0.377 e. The van der Waals surface area contributed by atoms with E-state index >= 15 is 0 Å². The molecule has 7 heteroatoms. The zero-order valence-electron chi connectivity index (χ0n) is 11.8. The molecule has 1 aromatic heterocycles. The van der Waals surface area contributed by atoms with Crippen molar-refractivity contribution in [2.45, 2.75) is 25.4 Å². The Kier molecular flexibility index (Phi) is 3.98. The molecular formula is C13H21N5O2. The van der Waals surface area contributed by atoms with E-state index in [4.69, 9.17) is 4.74 Å². The molecule has 1 atom stereocenters. The molecule has 1 N–H and O–H groups in total. The van der Waals surface area contributed by atoms with Crippen molar-refractivity contribution < 1.29 is 9.53 Å². The van der Waals surface area contributed by atoms with Gasteiger partial charge in [-0.05, 0) is 25.8 Å². The fourth-order valence-electron chi connectivity index (χ4n) is 2.74. The van der Waals surface area contributed by atoms with Crippen molar-refractivity contribution in [2.75, 3.05) is 33.4 Å². The van der Waals surface area contributed by atoms with Crippen LogP contribution in [0.5, 0.6) is 0 Å². The second-order valence-electron chi connectivity index (χ2n) is 5.67. The minimum atomic E-state index is 0.187. The normalized spacial score (nSPS) is 23.3. The molecule has 1 aliphatic carbocycles. The van der Waals surface area contributed by atoms with Gasteiger partial charge in [-0.25, -0.2) is 4.98 Å². The maximum atomic E-state index is 12.5. The standard InChI is InChI=1S/C13H21N5O2/c1-17(6-12-14-9-15-16-12)7-13(19)18-4-5-20-8-11(18)10-2-3-10/h9-11H,2-8H2,1H3,(H,14,15,16). The first kappa shape index (κ1) is 13.5. The van der Waals surface area contributed by atoms with Crippen LogP contribution < -0.4 is 0 Å². The molecule has 2 aliphatic rings. The predicted octanol–water partition coefficient (Wildman–Crippen LogP) is -0.126. The Morgan fingerprint density at radius 2 is 2.45 bits per heavy atom. The number of rotatable bonds is 5. The van der Waals surface area contributed by atoms with Crippen LogP contribution in [-0.2, 0) is 16.1 Å². The molecule has 7 nitrogen and oxygen atoms in total. The van der Waals surface area contributed by atoms with Gasteiger partial charge in [0, 0.05) is 6.54 Å². The van der Waals surface area contributed by atoms with Crippen LogP contribution in [0.15, 0.2) is 6.33 Å². The van der Waals surface area contributed by atoms with Crippen LogP contribution >= 0.6 is 0 Å². The topological polar surface area (TPSA) is 74.3 Å². The van der Waals surface area contributed by atoms with Crippen LogP contribution in [0.4, 0.5) is 0 Å². The molecule has 1 amide bonds. The average molecular weight is 279 g/mol. The highest BCUT2D eigenvalue weighted by Crippen LogP contribution is 2.36. The van der Waals surface area contributed by atoms with Crippen molar-refractivity contribution in [3.8, 4) is 0 Å². The Hall–Kier alpha value is -1.47. The van der Waals surface area contributed by atoms with E-state index in [-0.39, 0.29) is 11.9 Å². The van der Waals surface area contributed by atoms with Gasteiger partial charge in [0.05, 0.1) is 32.3 Å². The maximum absolute atomic E-state index is 12.5. The van der Waals surface area contributed by atoms with Crippen LogP contribution in [-0.4, -0.2) is 70.3 Å². The number of carbonyl (C=O) groups is 1. The van der Waals surface area contributed by atoms with Crippen molar-refractivity contribution in [3.63, 3.8) is 0 Å². The highest BCUT2D eigenvalue weighted by molar-refractivity contribution is 5.78. The highest BCUT2D eigenvalue weighted by atomic mass is 16.5. The Labute approximate surface area is 118 Å². The number of likely N-dealkylation sites (N-methyl/N-ethyl adjacent to an activating group) is 1. The number of H-pyrrole nitrogens is 1. The van der Waals surface area contributed by atoms with Gasteiger partial charge in [0.2, 0.25) is 5.91 Å². The number of ether oxygens (including phenoxy) is 1. The highest BCUT2D eigenvalue weighted by Gasteiger charge is 2.39. The lowest BCUT2D eigenvalue weighted by Crippen LogP contribution is -2.52. The molecule has 0 aromatic carbocycles. The molecule has 1 aromatic rings. The first-order valence-corrected chi connectivity index (χ1v) is 7.14. The summed E-state index contributed by atoms with van der Waals surface area (Å²) in [6, 6.07) is 0.287. The third-order valence-corrected chi connectivity index (χ3v) is 3.94. The molecule has 0 bridgehead atoms. The number of aromatic nitrogens is 3. The summed E-state index contributed by atoms with van der Waals surface area (Å²) in [6.07, 6.45) is 3.94. The third-order valence-electron chi connectivity index (χ3n) is 3.94. The Morgan fingerprint density at radius 1 is 1.60 bits per heavy atom. The Bertz CT molecular complexity index is 446. The minimum absolute atomic E-state index is 0.187. The summed E-state index contributed by atoms with van der Waals surface area (Å²) < 4.78 is 5.52. The third kappa shape index (κ3) is 3.16. The Morgan fingerprint density at radius 3 is 3.15 bits per heavy atom. The van der Waals surface area contributed by atoms with E-state index in [9.17, 15) is 4.79 Å². The average Bonchev–Trinajstić information content (AvgIpc) is 3.17. The van der Waals surface area contributed by atoms with E-state index in [0.717, 1.165) is 12.4 Å². The van der Waals surface area contributed by atoms with Gasteiger partial charge in [-0.15, -0.1) is 0 Å². The van der Waals surface area contributed by atoms with E-state index in [1.54, 1.807) is 0 Å². The fraction of sp³-hybridized carbons (Fsp3) is 0.769. The van der Waals surface area contributed by atoms with Gasteiger partial charge in [-0.1, -0.05) is 0 Å². The molecule has 2 heterocycles. The molecule has 1 aliphatic heterocycles. The van der Waals surface area contributed by atoms with Crippen molar-refractivity contribution in [3.05, 3.63) is 12.2 Å². The molecule has 0 spiro atoms. The molecule has 20 heavy (non-hydrogen) atoms. The summed E-state index contributed by atoms with van der Waals surface area (Å²) in [5.74, 6) is 1.62. The van der Waals surface area contributed by atoms with Gasteiger partial charge >= 0.3 is 0 Å². The first-order chi connectivity index (χ1) is 9.74. The molecule has 1 unspecified atom stereocenters. The smallest absolute Gasteiger partial charge is 0.237 e. The lowest BCUT2D eigenvalue weighted by molar-refractivity contribution is -0.141. The van der Waals surface area contributed by atoms with Crippen LogP contribution in [0.1, 0.15) is 18.7 Å². The van der Waals surface area contributed by atoms with Crippen molar-refractivity contribution in [1.82, 2.24) is 25.0 Å². The van der Waals surface area contributed by atoms with Gasteiger partial charge < -0.3 is 9.64 Å². The molecule has 1 saturated carbocycles. The van der Waals surface area contributed by atoms with Gasteiger partial charge in [-0.2, -0.15) is 5.10 Å².